The standard InChI is InChI=1S/C23H28FN3O4/c1-6-17(27-22(30)31-23(3,4)5)20(28)26-18-13-14(2)12-16(24)19(18)21(29)25-15-10-8-7-9-11-15/h7-13,17H,6H2,1-5H3,(H,25,29)(H,26,28)(H,27,30)/t17-/m0/s1. The normalized spacial score (nSPS) is 11.9. The number of halogens is 1. The number of anilines is 2. The molecule has 0 saturated carbocycles. The molecule has 3 amide bonds. The van der Waals surface area contributed by atoms with Crippen LogP contribution in [-0.2, 0) is 9.53 Å². The van der Waals surface area contributed by atoms with Crippen molar-refractivity contribution in [3.8, 4) is 0 Å². The molecule has 2 aromatic carbocycles. The number of carbonyl (C=O) groups is 3. The van der Waals surface area contributed by atoms with E-state index < -0.39 is 35.4 Å². The molecule has 0 aliphatic carbocycles. The third-order valence-corrected chi connectivity index (χ3v) is 4.17. The largest absolute Gasteiger partial charge is 0.444 e. The fourth-order valence-corrected chi connectivity index (χ4v) is 2.81. The van der Waals surface area contributed by atoms with Crippen molar-refractivity contribution in [2.24, 2.45) is 0 Å². The molecule has 0 aromatic heterocycles. The van der Waals surface area contributed by atoms with Gasteiger partial charge in [-0.15, -0.1) is 0 Å². The zero-order valence-corrected chi connectivity index (χ0v) is 18.3. The Morgan fingerprint density at radius 1 is 1.06 bits per heavy atom. The molecule has 0 radical (unpaired) electrons. The molecule has 0 unspecified atom stereocenters. The smallest absolute Gasteiger partial charge is 0.408 e. The van der Waals surface area contributed by atoms with Crippen LogP contribution in [-0.4, -0.2) is 29.6 Å². The zero-order chi connectivity index (χ0) is 23.2. The second-order valence-electron chi connectivity index (χ2n) is 8.09. The summed E-state index contributed by atoms with van der Waals surface area (Å²) in [5.74, 6) is -2.06. The molecule has 0 fully saturated rings. The van der Waals surface area contributed by atoms with Gasteiger partial charge in [0.1, 0.15) is 17.5 Å². The number of para-hydroxylation sites is 1. The van der Waals surface area contributed by atoms with E-state index in [1.54, 1.807) is 65.0 Å². The molecule has 1 atom stereocenters. The number of carbonyl (C=O) groups excluding carboxylic acids is 3. The molecule has 0 bridgehead atoms. The van der Waals surface area contributed by atoms with Crippen LogP contribution in [0.3, 0.4) is 0 Å². The van der Waals surface area contributed by atoms with Crippen molar-refractivity contribution < 1.29 is 23.5 Å². The van der Waals surface area contributed by atoms with Crippen LogP contribution in [0.25, 0.3) is 0 Å². The number of rotatable bonds is 6. The molecule has 0 saturated heterocycles. The van der Waals surface area contributed by atoms with E-state index in [0.717, 1.165) is 0 Å². The highest BCUT2D eigenvalue weighted by atomic mass is 19.1. The number of amides is 3. The Labute approximate surface area is 181 Å². The Balaban J connectivity index is 2.23. The van der Waals surface area contributed by atoms with Crippen LogP contribution in [0.5, 0.6) is 0 Å². The lowest BCUT2D eigenvalue weighted by atomic mass is 10.1. The average Bonchev–Trinajstić information content (AvgIpc) is 2.64. The van der Waals surface area contributed by atoms with E-state index in [4.69, 9.17) is 4.74 Å². The van der Waals surface area contributed by atoms with Crippen LogP contribution in [0.1, 0.15) is 50.0 Å². The predicted octanol–water partition coefficient (Wildman–Crippen LogP) is 4.63. The third-order valence-electron chi connectivity index (χ3n) is 4.17. The van der Waals surface area contributed by atoms with Crippen molar-refractivity contribution >= 4 is 29.3 Å². The monoisotopic (exact) mass is 429 g/mol. The van der Waals surface area contributed by atoms with Gasteiger partial charge in [0.2, 0.25) is 5.91 Å². The summed E-state index contributed by atoms with van der Waals surface area (Å²) in [6.45, 7) is 8.48. The SMILES string of the molecule is CC[C@H](NC(=O)OC(C)(C)C)C(=O)Nc1cc(C)cc(F)c1C(=O)Nc1ccccc1. The van der Waals surface area contributed by atoms with Crippen molar-refractivity contribution in [2.45, 2.75) is 52.7 Å². The summed E-state index contributed by atoms with van der Waals surface area (Å²) in [7, 11) is 0. The van der Waals surface area contributed by atoms with Gasteiger partial charge in [0.05, 0.1) is 11.3 Å². The average molecular weight is 429 g/mol. The molecule has 31 heavy (non-hydrogen) atoms. The van der Waals surface area contributed by atoms with Crippen LogP contribution in [0.15, 0.2) is 42.5 Å². The fraction of sp³-hybridized carbons (Fsp3) is 0.348. The molecule has 0 spiro atoms. The topological polar surface area (TPSA) is 96.5 Å². The molecule has 7 nitrogen and oxygen atoms in total. The second-order valence-corrected chi connectivity index (χ2v) is 8.09. The molecule has 0 aliphatic rings. The summed E-state index contributed by atoms with van der Waals surface area (Å²) in [5.41, 5.74) is 0.0107. The predicted molar refractivity (Wildman–Crippen MR) is 118 cm³/mol. The third kappa shape index (κ3) is 7.09. The van der Waals surface area contributed by atoms with Crippen molar-refractivity contribution in [2.75, 3.05) is 10.6 Å². The van der Waals surface area contributed by atoms with E-state index in [9.17, 15) is 18.8 Å². The molecule has 166 valence electrons. The number of ether oxygens (including phenoxy) is 1. The number of hydrogen-bond acceptors (Lipinski definition) is 4. The minimum atomic E-state index is -0.927. The first-order valence-electron chi connectivity index (χ1n) is 9.97. The minimum Gasteiger partial charge on any atom is -0.444 e. The van der Waals surface area contributed by atoms with E-state index in [2.05, 4.69) is 16.0 Å². The van der Waals surface area contributed by atoms with Gasteiger partial charge in [0, 0.05) is 5.69 Å². The summed E-state index contributed by atoms with van der Waals surface area (Å²) in [4.78, 5) is 37.5. The Bertz CT molecular complexity index is 955. The van der Waals surface area contributed by atoms with Gasteiger partial charge in [-0.25, -0.2) is 9.18 Å². The van der Waals surface area contributed by atoms with Crippen molar-refractivity contribution in [3.05, 3.63) is 59.4 Å². The highest BCUT2D eigenvalue weighted by molar-refractivity contribution is 6.11. The van der Waals surface area contributed by atoms with Crippen molar-refractivity contribution in [1.82, 2.24) is 5.32 Å². The highest BCUT2D eigenvalue weighted by Crippen LogP contribution is 2.23. The molecule has 0 aliphatic heterocycles. The van der Waals surface area contributed by atoms with Crippen LogP contribution < -0.4 is 16.0 Å². The first-order valence-corrected chi connectivity index (χ1v) is 9.97. The van der Waals surface area contributed by atoms with Gasteiger partial charge < -0.3 is 20.7 Å². The first kappa shape index (κ1) is 23.9. The molecule has 2 aromatic rings. The zero-order valence-electron chi connectivity index (χ0n) is 18.3. The summed E-state index contributed by atoms with van der Waals surface area (Å²) in [6, 6.07) is 10.4. The van der Waals surface area contributed by atoms with Crippen molar-refractivity contribution in [3.63, 3.8) is 0 Å². The van der Waals surface area contributed by atoms with Crippen molar-refractivity contribution in [1.29, 1.82) is 0 Å². The Kier molecular flexibility index (Phi) is 7.74. The maximum Gasteiger partial charge on any atom is 0.408 e. The summed E-state index contributed by atoms with van der Waals surface area (Å²) in [5, 5.41) is 7.67. The van der Waals surface area contributed by atoms with Crippen LogP contribution in [0.4, 0.5) is 20.6 Å². The number of aryl methyl sites for hydroxylation is 1. The van der Waals surface area contributed by atoms with E-state index in [1.165, 1.54) is 12.1 Å². The summed E-state index contributed by atoms with van der Waals surface area (Å²) in [6.07, 6.45) is -0.475. The van der Waals surface area contributed by atoms with Gasteiger partial charge in [-0.05, 0) is 63.9 Å². The van der Waals surface area contributed by atoms with E-state index >= 15 is 0 Å². The highest BCUT2D eigenvalue weighted by Gasteiger charge is 2.25. The van der Waals surface area contributed by atoms with Gasteiger partial charge in [0.15, 0.2) is 0 Å². The van der Waals surface area contributed by atoms with Gasteiger partial charge in [0.25, 0.3) is 5.91 Å². The van der Waals surface area contributed by atoms with Gasteiger partial charge in [-0.3, -0.25) is 9.59 Å². The van der Waals surface area contributed by atoms with E-state index in [0.29, 0.717) is 11.3 Å². The molecule has 0 heterocycles. The van der Waals surface area contributed by atoms with Gasteiger partial charge >= 0.3 is 6.09 Å². The molecule has 3 N–H and O–H groups in total. The van der Waals surface area contributed by atoms with Crippen LogP contribution in [0, 0.1) is 12.7 Å². The quantitative estimate of drug-likeness (QED) is 0.624. The molecule has 8 heteroatoms. The Morgan fingerprint density at radius 3 is 2.29 bits per heavy atom. The minimum absolute atomic E-state index is 0.0142. The fourth-order valence-electron chi connectivity index (χ4n) is 2.81. The molecular formula is C23H28FN3O4. The summed E-state index contributed by atoms with van der Waals surface area (Å²) >= 11 is 0. The molecule has 2 rings (SSSR count). The van der Waals surface area contributed by atoms with E-state index in [-0.39, 0.29) is 17.7 Å². The lowest BCUT2D eigenvalue weighted by Gasteiger charge is -2.23. The van der Waals surface area contributed by atoms with Crippen LogP contribution >= 0.6 is 0 Å². The second kappa shape index (κ2) is 10.1. The maximum absolute atomic E-state index is 14.7. The first-order chi connectivity index (χ1) is 14.5. The summed E-state index contributed by atoms with van der Waals surface area (Å²) < 4.78 is 19.9. The number of benzene rings is 2. The lowest BCUT2D eigenvalue weighted by Crippen LogP contribution is -2.45. The maximum atomic E-state index is 14.7. The number of hydrogen-bond donors (Lipinski definition) is 3. The number of nitrogens with one attached hydrogen (secondary N) is 3. The van der Waals surface area contributed by atoms with Gasteiger partial charge in [-0.1, -0.05) is 25.1 Å². The lowest BCUT2D eigenvalue weighted by molar-refractivity contribution is -0.118. The Morgan fingerprint density at radius 2 is 1.71 bits per heavy atom. The Hall–Kier alpha value is -3.42. The van der Waals surface area contributed by atoms with Crippen LogP contribution in [0.2, 0.25) is 0 Å². The number of alkyl carbamates (subject to hydrolysis) is 1. The van der Waals surface area contributed by atoms with Gasteiger partial charge in [-0.2, -0.15) is 0 Å². The van der Waals surface area contributed by atoms with E-state index in [1.807, 2.05) is 0 Å². The molecular weight excluding hydrogens is 401 g/mol.